The molecule has 0 saturated carbocycles. The molecule has 0 nitrogen and oxygen atoms in total. The first kappa shape index (κ1) is 12.5. The van der Waals surface area contributed by atoms with Crippen LogP contribution in [0, 0.1) is 5.41 Å². The highest BCUT2D eigenvalue weighted by Gasteiger charge is 2.36. The summed E-state index contributed by atoms with van der Waals surface area (Å²) < 4.78 is 0. The fourth-order valence-electron chi connectivity index (χ4n) is 3.72. The Morgan fingerprint density at radius 3 is 2.00 bits per heavy atom. The summed E-state index contributed by atoms with van der Waals surface area (Å²) in [7, 11) is 0. The van der Waals surface area contributed by atoms with Crippen molar-refractivity contribution in [3.05, 3.63) is 71.3 Å². The Balaban J connectivity index is 1.86. The number of rotatable bonds is 4. The highest BCUT2D eigenvalue weighted by molar-refractivity contribution is 5.35. The Labute approximate surface area is 116 Å². The van der Waals surface area contributed by atoms with Gasteiger partial charge in [-0.05, 0) is 47.8 Å². The van der Waals surface area contributed by atoms with Crippen LogP contribution >= 0.6 is 0 Å². The fraction of sp³-hybridized carbons (Fsp3) is 0.368. The van der Waals surface area contributed by atoms with Crippen LogP contribution in [0.5, 0.6) is 0 Å². The van der Waals surface area contributed by atoms with Crippen molar-refractivity contribution in [3.63, 3.8) is 0 Å². The normalized spacial score (nSPS) is 16.3. The van der Waals surface area contributed by atoms with Gasteiger partial charge in [0.15, 0.2) is 0 Å². The molecule has 0 fully saturated rings. The SMILES string of the molecule is CCCC1(Cc2ccccc2)Cc2ccccc2C1. The lowest BCUT2D eigenvalue weighted by molar-refractivity contribution is 0.273. The van der Waals surface area contributed by atoms with Crippen molar-refractivity contribution < 1.29 is 0 Å². The molecule has 2 aromatic carbocycles. The van der Waals surface area contributed by atoms with Gasteiger partial charge in [0, 0.05) is 0 Å². The second-order valence-electron chi connectivity index (χ2n) is 6.03. The highest BCUT2D eigenvalue weighted by Crippen LogP contribution is 2.42. The van der Waals surface area contributed by atoms with Gasteiger partial charge in [-0.3, -0.25) is 0 Å². The van der Waals surface area contributed by atoms with E-state index in [9.17, 15) is 0 Å². The summed E-state index contributed by atoms with van der Waals surface area (Å²) in [6.07, 6.45) is 6.34. The van der Waals surface area contributed by atoms with E-state index in [1.807, 2.05) is 0 Å². The van der Waals surface area contributed by atoms with Gasteiger partial charge in [0.2, 0.25) is 0 Å². The summed E-state index contributed by atoms with van der Waals surface area (Å²) >= 11 is 0. The molecule has 0 bridgehead atoms. The highest BCUT2D eigenvalue weighted by atomic mass is 14.4. The molecule has 0 aliphatic heterocycles. The van der Waals surface area contributed by atoms with Crippen LogP contribution in [0.3, 0.4) is 0 Å². The Kier molecular flexibility index (Phi) is 3.42. The minimum absolute atomic E-state index is 0.458. The molecule has 0 heterocycles. The first-order valence-electron chi connectivity index (χ1n) is 7.42. The fourth-order valence-corrected chi connectivity index (χ4v) is 3.72. The Morgan fingerprint density at radius 1 is 0.842 bits per heavy atom. The van der Waals surface area contributed by atoms with Crippen molar-refractivity contribution in [1.29, 1.82) is 0 Å². The second kappa shape index (κ2) is 5.21. The lowest BCUT2D eigenvalue weighted by Gasteiger charge is -2.29. The van der Waals surface area contributed by atoms with Crippen molar-refractivity contribution in [2.75, 3.05) is 0 Å². The van der Waals surface area contributed by atoms with Crippen LogP contribution in [-0.4, -0.2) is 0 Å². The van der Waals surface area contributed by atoms with Gasteiger partial charge < -0.3 is 0 Å². The molecule has 0 heteroatoms. The minimum atomic E-state index is 0.458. The minimum Gasteiger partial charge on any atom is -0.0654 e. The summed E-state index contributed by atoms with van der Waals surface area (Å²) in [5, 5.41) is 0. The van der Waals surface area contributed by atoms with Gasteiger partial charge in [-0.1, -0.05) is 67.9 Å². The molecule has 0 spiro atoms. The van der Waals surface area contributed by atoms with Crippen molar-refractivity contribution in [2.45, 2.75) is 39.0 Å². The van der Waals surface area contributed by atoms with E-state index >= 15 is 0 Å². The van der Waals surface area contributed by atoms with E-state index < -0.39 is 0 Å². The lowest BCUT2D eigenvalue weighted by atomic mass is 9.75. The third-order valence-corrected chi connectivity index (χ3v) is 4.45. The maximum absolute atomic E-state index is 2.32. The zero-order valence-corrected chi connectivity index (χ0v) is 11.7. The number of benzene rings is 2. The molecule has 0 N–H and O–H groups in total. The zero-order chi connectivity index (χ0) is 13.1. The first-order valence-corrected chi connectivity index (χ1v) is 7.42. The summed E-state index contributed by atoms with van der Waals surface area (Å²) in [5.41, 5.74) is 5.10. The monoisotopic (exact) mass is 250 g/mol. The van der Waals surface area contributed by atoms with Gasteiger partial charge in [0.25, 0.3) is 0 Å². The van der Waals surface area contributed by atoms with Gasteiger partial charge in [-0.15, -0.1) is 0 Å². The molecule has 3 rings (SSSR count). The zero-order valence-electron chi connectivity index (χ0n) is 11.7. The standard InChI is InChI=1S/C19H22/c1-2-12-19(13-16-8-4-3-5-9-16)14-17-10-6-7-11-18(17)15-19/h3-11H,2,12-15H2,1H3. The van der Waals surface area contributed by atoms with Crippen LogP contribution < -0.4 is 0 Å². The van der Waals surface area contributed by atoms with Crippen LogP contribution in [-0.2, 0) is 19.3 Å². The predicted molar refractivity (Wildman–Crippen MR) is 81.3 cm³/mol. The molecule has 0 saturated heterocycles. The molecule has 0 amide bonds. The van der Waals surface area contributed by atoms with Gasteiger partial charge in [0.1, 0.15) is 0 Å². The second-order valence-corrected chi connectivity index (χ2v) is 6.03. The third-order valence-electron chi connectivity index (χ3n) is 4.45. The topological polar surface area (TPSA) is 0 Å². The quantitative estimate of drug-likeness (QED) is 0.730. The number of fused-ring (bicyclic) bond motifs is 1. The van der Waals surface area contributed by atoms with E-state index in [-0.39, 0.29) is 0 Å². The molecule has 2 aromatic rings. The Bertz CT molecular complexity index is 514. The molecule has 19 heavy (non-hydrogen) atoms. The third kappa shape index (κ3) is 2.58. The van der Waals surface area contributed by atoms with E-state index in [1.54, 1.807) is 11.1 Å². The van der Waals surface area contributed by atoms with E-state index in [0.717, 1.165) is 0 Å². The van der Waals surface area contributed by atoms with E-state index in [4.69, 9.17) is 0 Å². The molecular weight excluding hydrogens is 228 g/mol. The van der Waals surface area contributed by atoms with Crippen molar-refractivity contribution in [2.24, 2.45) is 5.41 Å². The summed E-state index contributed by atoms with van der Waals surface area (Å²) in [6, 6.07) is 20.0. The molecule has 98 valence electrons. The van der Waals surface area contributed by atoms with Crippen LogP contribution in [0.2, 0.25) is 0 Å². The summed E-state index contributed by atoms with van der Waals surface area (Å²) in [5.74, 6) is 0. The lowest BCUT2D eigenvalue weighted by Crippen LogP contribution is -2.24. The Hall–Kier alpha value is -1.56. The van der Waals surface area contributed by atoms with Crippen LogP contribution in [0.1, 0.15) is 36.5 Å². The molecule has 0 radical (unpaired) electrons. The van der Waals surface area contributed by atoms with E-state index in [0.29, 0.717) is 5.41 Å². The van der Waals surface area contributed by atoms with Crippen LogP contribution in [0.4, 0.5) is 0 Å². The molecule has 0 unspecified atom stereocenters. The molecule has 0 atom stereocenters. The maximum Gasteiger partial charge on any atom is -0.0176 e. The number of hydrogen-bond acceptors (Lipinski definition) is 0. The molecule has 1 aliphatic rings. The first-order chi connectivity index (χ1) is 9.31. The maximum atomic E-state index is 2.32. The number of hydrogen-bond donors (Lipinski definition) is 0. The van der Waals surface area contributed by atoms with Crippen molar-refractivity contribution >= 4 is 0 Å². The van der Waals surface area contributed by atoms with Gasteiger partial charge in [-0.25, -0.2) is 0 Å². The van der Waals surface area contributed by atoms with Crippen LogP contribution in [0.15, 0.2) is 54.6 Å². The van der Waals surface area contributed by atoms with Crippen LogP contribution in [0.25, 0.3) is 0 Å². The van der Waals surface area contributed by atoms with Gasteiger partial charge in [0.05, 0.1) is 0 Å². The molecule has 1 aliphatic carbocycles. The van der Waals surface area contributed by atoms with Gasteiger partial charge in [-0.2, -0.15) is 0 Å². The van der Waals surface area contributed by atoms with Crippen molar-refractivity contribution in [3.8, 4) is 0 Å². The molecular formula is C19H22. The van der Waals surface area contributed by atoms with Gasteiger partial charge >= 0.3 is 0 Å². The van der Waals surface area contributed by atoms with Crippen molar-refractivity contribution in [1.82, 2.24) is 0 Å². The summed E-state index contributed by atoms with van der Waals surface area (Å²) in [4.78, 5) is 0. The van der Waals surface area contributed by atoms with E-state index in [2.05, 4.69) is 61.5 Å². The Morgan fingerprint density at radius 2 is 1.42 bits per heavy atom. The predicted octanol–water partition coefficient (Wildman–Crippen LogP) is 4.81. The average molecular weight is 250 g/mol. The average Bonchev–Trinajstić information content (AvgIpc) is 2.78. The summed E-state index contributed by atoms with van der Waals surface area (Å²) in [6.45, 7) is 2.32. The largest absolute Gasteiger partial charge is 0.0654 e. The van der Waals surface area contributed by atoms with E-state index in [1.165, 1.54) is 37.7 Å². The smallest absolute Gasteiger partial charge is 0.0176 e. The molecule has 0 aromatic heterocycles.